The van der Waals surface area contributed by atoms with Crippen molar-refractivity contribution in [2.45, 2.75) is 6.92 Å². The van der Waals surface area contributed by atoms with Gasteiger partial charge in [0.1, 0.15) is 11.5 Å². The minimum Gasteiger partial charge on any atom is -0.269 e. The molecule has 0 N–H and O–H groups in total. The molecule has 2 heterocycles. The lowest BCUT2D eigenvalue weighted by atomic mass is 10.1. The Morgan fingerprint density at radius 3 is 2.58 bits per heavy atom. The van der Waals surface area contributed by atoms with E-state index < -0.39 is 0 Å². The van der Waals surface area contributed by atoms with Crippen LogP contribution in [-0.2, 0) is 0 Å². The third kappa shape index (κ3) is 2.12. The van der Waals surface area contributed by atoms with E-state index in [0.717, 1.165) is 11.1 Å². The Kier molecular flexibility index (Phi) is 2.63. The van der Waals surface area contributed by atoms with Gasteiger partial charge in [-0.15, -0.1) is 0 Å². The molecule has 0 spiro atoms. The van der Waals surface area contributed by atoms with Crippen LogP contribution in [0.5, 0.6) is 0 Å². The zero-order valence-electron chi connectivity index (χ0n) is 10.3. The predicted molar refractivity (Wildman–Crippen MR) is 71.6 cm³/mol. The SMILES string of the molecule is Cc1ccn2c(=O)cc(-c3ccc(F)cc3)nc2c1. The molecule has 0 aliphatic heterocycles. The quantitative estimate of drug-likeness (QED) is 0.669. The standard InChI is InChI=1S/C15H11FN2O/c1-10-6-7-18-14(8-10)17-13(9-15(18)19)11-2-4-12(16)5-3-11/h2-9H,1H3. The van der Waals surface area contributed by atoms with E-state index in [1.54, 1.807) is 18.3 Å². The van der Waals surface area contributed by atoms with Gasteiger partial charge in [-0.2, -0.15) is 0 Å². The molecule has 3 rings (SSSR count). The van der Waals surface area contributed by atoms with Crippen LogP contribution in [0, 0.1) is 12.7 Å². The number of hydrogen-bond acceptors (Lipinski definition) is 2. The summed E-state index contributed by atoms with van der Waals surface area (Å²) in [6, 6.07) is 11.1. The highest BCUT2D eigenvalue weighted by molar-refractivity contribution is 5.61. The molecule has 1 aromatic carbocycles. The minimum atomic E-state index is -0.308. The van der Waals surface area contributed by atoms with Crippen molar-refractivity contribution in [3.63, 3.8) is 0 Å². The van der Waals surface area contributed by atoms with Gasteiger partial charge < -0.3 is 0 Å². The summed E-state index contributed by atoms with van der Waals surface area (Å²) in [6.07, 6.45) is 1.70. The number of nitrogens with zero attached hydrogens (tertiary/aromatic N) is 2. The predicted octanol–water partition coefficient (Wildman–Crippen LogP) is 2.81. The highest BCUT2D eigenvalue weighted by atomic mass is 19.1. The van der Waals surface area contributed by atoms with Gasteiger partial charge >= 0.3 is 0 Å². The number of rotatable bonds is 1. The second-order valence-electron chi connectivity index (χ2n) is 4.42. The monoisotopic (exact) mass is 254 g/mol. The molecular weight excluding hydrogens is 243 g/mol. The summed E-state index contributed by atoms with van der Waals surface area (Å²) in [5.41, 5.74) is 2.75. The van der Waals surface area contributed by atoms with E-state index in [1.165, 1.54) is 22.6 Å². The maximum absolute atomic E-state index is 12.9. The van der Waals surface area contributed by atoms with E-state index in [4.69, 9.17) is 0 Å². The van der Waals surface area contributed by atoms with E-state index in [2.05, 4.69) is 4.98 Å². The molecule has 94 valence electrons. The molecule has 0 saturated carbocycles. The Morgan fingerprint density at radius 1 is 1.11 bits per heavy atom. The number of aryl methyl sites for hydroxylation is 1. The maximum Gasteiger partial charge on any atom is 0.258 e. The highest BCUT2D eigenvalue weighted by Crippen LogP contribution is 2.16. The molecular formula is C15H11FN2O. The number of pyridine rings is 1. The van der Waals surface area contributed by atoms with Gasteiger partial charge in [0.2, 0.25) is 0 Å². The average molecular weight is 254 g/mol. The molecule has 0 saturated heterocycles. The third-order valence-electron chi connectivity index (χ3n) is 2.96. The Balaban J connectivity index is 2.25. The summed E-state index contributed by atoms with van der Waals surface area (Å²) >= 11 is 0. The van der Waals surface area contributed by atoms with Crippen LogP contribution in [-0.4, -0.2) is 9.38 Å². The molecule has 3 nitrogen and oxygen atoms in total. The fourth-order valence-corrected chi connectivity index (χ4v) is 1.97. The maximum atomic E-state index is 12.9. The summed E-state index contributed by atoms with van der Waals surface area (Å²) in [5.74, 6) is -0.308. The smallest absolute Gasteiger partial charge is 0.258 e. The van der Waals surface area contributed by atoms with Crippen LogP contribution < -0.4 is 5.56 Å². The van der Waals surface area contributed by atoms with E-state index in [0.29, 0.717) is 11.3 Å². The van der Waals surface area contributed by atoms with E-state index in [9.17, 15) is 9.18 Å². The van der Waals surface area contributed by atoms with Gasteiger partial charge in [0.05, 0.1) is 5.69 Å². The Hall–Kier alpha value is -2.49. The van der Waals surface area contributed by atoms with Crippen LogP contribution in [0.2, 0.25) is 0 Å². The van der Waals surface area contributed by atoms with Crippen molar-refractivity contribution in [1.29, 1.82) is 0 Å². The van der Waals surface area contributed by atoms with E-state index in [-0.39, 0.29) is 11.4 Å². The molecule has 0 radical (unpaired) electrons. The zero-order chi connectivity index (χ0) is 13.4. The average Bonchev–Trinajstić information content (AvgIpc) is 2.38. The van der Waals surface area contributed by atoms with Gasteiger partial charge in [-0.05, 0) is 48.9 Å². The molecule has 2 aromatic heterocycles. The summed E-state index contributed by atoms with van der Waals surface area (Å²) in [5, 5.41) is 0. The first-order chi connectivity index (χ1) is 9.13. The van der Waals surface area contributed by atoms with Crippen LogP contribution in [0.15, 0.2) is 53.5 Å². The largest absolute Gasteiger partial charge is 0.269 e. The molecule has 0 unspecified atom stereocenters. The summed E-state index contributed by atoms with van der Waals surface area (Å²) in [7, 11) is 0. The van der Waals surface area contributed by atoms with Crippen molar-refractivity contribution in [2.75, 3.05) is 0 Å². The topological polar surface area (TPSA) is 34.4 Å². The van der Waals surface area contributed by atoms with Crippen molar-refractivity contribution >= 4 is 5.65 Å². The first-order valence-electron chi connectivity index (χ1n) is 5.89. The minimum absolute atomic E-state index is 0.149. The zero-order valence-corrected chi connectivity index (χ0v) is 10.3. The van der Waals surface area contributed by atoms with Crippen molar-refractivity contribution in [3.05, 3.63) is 70.4 Å². The fourth-order valence-electron chi connectivity index (χ4n) is 1.97. The number of aromatic nitrogens is 2. The Morgan fingerprint density at radius 2 is 1.84 bits per heavy atom. The number of halogens is 1. The third-order valence-corrected chi connectivity index (χ3v) is 2.96. The van der Waals surface area contributed by atoms with E-state index in [1.807, 2.05) is 19.1 Å². The molecule has 3 aromatic rings. The van der Waals surface area contributed by atoms with Gasteiger partial charge in [0, 0.05) is 17.8 Å². The van der Waals surface area contributed by atoms with Crippen molar-refractivity contribution in [1.82, 2.24) is 9.38 Å². The molecule has 4 heteroatoms. The van der Waals surface area contributed by atoms with Crippen LogP contribution in [0.4, 0.5) is 4.39 Å². The molecule has 0 aliphatic carbocycles. The van der Waals surface area contributed by atoms with Crippen LogP contribution in [0.25, 0.3) is 16.9 Å². The van der Waals surface area contributed by atoms with Gasteiger partial charge in [-0.3, -0.25) is 9.20 Å². The number of fused-ring (bicyclic) bond motifs is 1. The highest BCUT2D eigenvalue weighted by Gasteiger charge is 2.05. The van der Waals surface area contributed by atoms with Crippen molar-refractivity contribution < 1.29 is 4.39 Å². The van der Waals surface area contributed by atoms with Gasteiger partial charge in [0.15, 0.2) is 0 Å². The number of benzene rings is 1. The number of hydrogen-bond donors (Lipinski definition) is 0. The normalized spacial score (nSPS) is 10.8. The van der Waals surface area contributed by atoms with Gasteiger partial charge in [0.25, 0.3) is 5.56 Å². The Bertz CT molecular complexity index is 806. The lowest BCUT2D eigenvalue weighted by Gasteiger charge is -2.05. The molecule has 0 bridgehead atoms. The summed E-state index contributed by atoms with van der Waals surface area (Å²) in [6.45, 7) is 1.94. The fraction of sp³-hybridized carbons (Fsp3) is 0.0667. The second-order valence-corrected chi connectivity index (χ2v) is 4.42. The van der Waals surface area contributed by atoms with Gasteiger partial charge in [-0.1, -0.05) is 0 Å². The van der Waals surface area contributed by atoms with Crippen molar-refractivity contribution in [2.24, 2.45) is 0 Å². The first kappa shape index (κ1) is 11.6. The van der Waals surface area contributed by atoms with Crippen molar-refractivity contribution in [3.8, 4) is 11.3 Å². The van der Waals surface area contributed by atoms with Crippen LogP contribution in [0.3, 0.4) is 0 Å². The molecule has 19 heavy (non-hydrogen) atoms. The molecule has 0 fully saturated rings. The first-order valence-corrected chi connectivity index (χ1v) is 5.89. The summed E-state index contributed by atoms with van der Waals surface area (Å²) < 4.78 is 14.4. The molecule has 0 amide bonds. The Labute approximate surface area is 109 Å². The lowest BCUT2D eigenvalue weighted by molar-refractivity contribution is 0.628. The molecule has 0 aliphatic rings. The van der Waals surface area contributed by atoms with E-state index >= 15 is 0 Å². The van der Waals surface area contributed by atoms with Crippen LogP contribution in [0.1, 0.15) is 5.56 Å². The molecule has 0 atom stereocenters. The van der Waals surface area contributed by atoms with Crippen LogP contribution >= 0.6 is 0 Å². The second kappa shape index (κ2) is 4.31. The summed E-state index contributed by atoms with van der Waals surface area (Å²) in [4.78, 5) is 16.4. The lowest BCUT2D eigenvalue weighted by Crippen LogP contribution is -2.14. The van der Waals surface area contributed by atoms with Gasteiger partial charge in [-0.25, -0.2) is 9.37 Å².